The largest absolute Gasteiger partial charge is 0.496 e. The lowest BCUT2D eigenvalue weighted by Crippen LogP contribution is -1.94. The summed E-state index contributed by atoms with van der Waals surface area (Å²) in [5.41, 5.74) is 1.44. The molecule has 0 radical (unpaired) electrons. The maximum Gasteiger partial charge on any atom is 0.203 e. The van der Waals surface area contributed by atoms with E-state index in [4.69, 9.17) is 18.9 Å². The van der Waals surface area contributed by atoms with E-state index < -0.39 is 0 Å². The van der Waals surface area contributed by atoms with Crippen molar-refractivity contribution < 1.29 is 23.7 Å². The lowest BCUT2D eigenvalue weighted by atomic mass is 10.2. The molecule has 0 bridgehead atoms. The Labute approximate surface area is 139 Å². The monoisotopic (exact) mass is 330 g/mol. The van der Waals surface area contributed by atoms with E-state index in [1.54, 1.807) is 30.3 Å². The summed E-state index contributed by atoms with van der Waals surface area (Å²) in [5.74, 6) is 1.92. The van der Waals surface area contributed by atoms with Crippen LogP contribution in [0.5, 0.6) is 23.0 Å². The van der Waals surface area contributed by atoms with Gasteiger partial charge in [0.1, 0.15) is 5.75 Å². The molecule has 2 rings (SSSR count). The number of ether oxygens (including phenoxy) is 4. The molecule has 7 nitrogen and oxygen atoms in total. The van der Waals surface area contributed by atoms with Crippen LogP contribution in [0.1, 0.15) is 10.4 Å². The first-order valence-corrected chi connectivity index (χ1v) is 7.01. The quantitative estimate of drug-likeness (QED) is 0.567. The Morgan fingerprint density at radius 1 is 0.750 bits per heavy atom. The molecule has 0 N–H and O–H groups in total. The molecular formula is C17H18N2O5. The van der Waals surface area contributed by atoms with E-state index in [0.29, 0.717) is 46.2 Å². The van der Waals surface area contributed by atoms with Crippen LogP contribution in [0.25, 0.3) is 0 Å². The zero-order valence-electron chi connectivity index (χ0n) is 13.9. The predicted octanol–water partition coefficient (Wildman–Crippen LogP) is 3.95. The third kappa shape index (κ3) is 3.62. The van der Waals surface area contributed by atoms with Gasteiger partial charge in [-0.3, -0.25) is 4.79 Å². The highest BCUT2D eigenvalue weighted by Gasteiger charge is 2.13. The summed E-state index contributed by atoms with van der Waals surface area (Å²) in [5, 5.41) is 8.28. The second-order valence-electron chi connectivity index (χ2n) is 4.63. The van der Waals surface area contributed by atoms with Crippen molar-refractivity contribution in [2.45, 2.75) is 0 Å². The topological polar surface area (TPSA) is 78.7 Å². The molecule has 0 fully saturated rings. The van der Waals surface area contributed by atoms with Crippen molar-refractivity contribution >= 4 is 17.7 Å². The maximum atomic E-state index is 11.1. The first-order valence-electron chi connectivity index (χ1n) is 7.01. The smallest absolute Gasteiger partial charge is 0.203 e. The van der Waals surface area contributed by atoms with E-state index in [2.05, 4.69) is 10.2 Å². The lowest BCUT2D eigenvalue weighted by molar-refractivity contribution is 0.112. The molecule has 0 saturated carbocycles. The fourth-order valence-corrected chi connectivity index (χ4v) is 2.12. The van der Waals surface area contributed by atoms with Gasteiger partial charge < -0.3 is 18.9 Å². The molecule has 0 unspecified atom stereocenters. The molecule has 0 aromatic heterocycles. The summed E-state index contributed by atoms with van der Waals surface area (Å²) in [7, 11) is 6.08. The minimum Gasteiger partial charge on any atom is -0.496 e. The van der Waals surface area contributed by atoms with Crippen LogP contribution in [0.15, 0.2) is 40.6 Å². The molecule has 0 saturated heterocycles. The third-order valence-electron chi connectivity index (χ3n) is 3.27. The van der Waals surface area contributed by atoms with Crippen molar-refractivity contribution in [1.29, 1.82) is 0 Å². The van der Waals surface area contributed by atoms with E-state index in [1.165, 1.54) is 28.4 Å². The fourth-order valence-electron chi connectivity index (χ4n) is 2.12. The fraction of sp³-hybridized carbons (Fsp3) is 0.235. The van der Waals surface area contributed by atoms with E-state index in [9.17, 15) is 4.79 Å². The van der Waals surface area contributed by atoms with Gasteiger partial charge in [-0.2, -0.15) is 10.2 Å². The van der Waals surface area contributed by atoms with E-state index >= 15 is 0 Å². The summed E-state index contributed by atoms with van der Waals surface area (Å²) in [6.45, 7) is 0. The number of nitrogens with zero attached hydrogens (tertiary/aromatic N) is 2. The van der Waals surface area contributed by atoms with Crippen molar-refractivity contribution in [3.63, 3.8) is 0 Å². The second kappa shape index (κ2) is 7.96. The Kier molecular flexibility index (Phi) is 5.73. The summed E-state index contributed by atoms with van der Waals surface area (Å²) < 4.78 is 20.9. The Morgan fingerprint density at radius 3 is 1.83 bits per heavy atom. The molecule has 7 heteroatoms. The second-order valence-corrected chi connectivity index (χ2v) is 4.63. The third-order valence-corrected chi connectivity index (χ3v) is 3.27. The number of carbonyl (C=O) groups excluding carboxylic acids is 1. The molecule has 2 aromatic carbocycles. The number of methoxy groups -OCH3 is 4. The van der Waals surface area contributed by atoms with Gasteiger partial charge in [0.05, 0.1) is 45.4 Å². The van der Waals surface area contributed by atoms with Crippen molar-refractivity contribution in [1.82, 2.24) is 0 Å². The molecule has 24 heavy (non-hydrogen) atoms. The molecule has 0 spiro atoms. The maximum absolute atomic E-state index is 11.1. The van der Waals surface area contributed by atoms with Gasteiger partial charge >= 0.3 is 0 Å². The highest BCUT2D eigenvalue weighted by Crippen LogP contribution is 2.41. The van der Waals surface area contributed by atoms with Gasteiger partial charge in [-0.1, -0.05) is 0 Å². The number of hydrogen-bond acceptors (Lipinski definition) is 7. The zero-order chi connectivity index (χ0) is 17.5. The van der Waals surface area contributed by atoms with E-state index in [-0.39, 0.29) is 0 Å². The minimum absolute atomic E-state index is 0.402. The highest BCUT2D eigenvalue weighted by molar-refractivity contribution is 5.81. The Hall–Kier alpha value is -3.09. The number of rotatable bonds is 7. The summed E-state index contributed by atoms with van der Waals surface area (Å²) in [6, 6.07) is 8.30. The van der Waals surface area contributed by atoms with Crippen LogP contribution in [0.3, 0.4) is 0 Å². The first-order chi connectivity index (χ1) is 11.7. The predicted molar refractivity (Wildman–Crippen MR) is 88.7 cm³/mol. The van der Waals surface area contributed by atoms with Crippen LogP contribution >= 0.6 is 0 Å². The molecule has 126 valence electrons. The van der Waals surface area contributed by atoms with Crippen molar-refractivity contribution in [2.75, 3.05) is 28.4 Å². The van der Waals surface area contributed by atoms with Crippen LogP contribution in [0.4, 0.5) is 11.4 Å². The van der Waals surface area contributed by atoms with Crippen LogP contribution in [0.2, 0.25) is 0 Å². The average molecular weight is 330 g/mol. The van der Waals surface area contributed by atoms with Gasteiger partial charge in [-0.25, -0.2) is 0 Å². The summed E-state index contributed by atoms with van der Waals surface area (Å²) >= 11 is 0. The van der Waals surface area contributed by atoms with Crippen LogP contribution in [-0.4, -0.2) is 34.7 Å². The van der Waals surface area contributed by atoms with Crippen molar-refractivity contribution in [2.24, 2.45) is 10.2 Å². The Morgan fingerprint density at radius 2 is 1.33 bits per heavy atom. The number of hydrogen-bond donors (Lipinski definition) is 0. The molecular weight excluding hydrogens is 312 g/mol. The van der Waals surface area contributed by atoms with Crippen LogP contribution < -0.4 is 18.9 Å². The minimum atomic E-state index is 0.402. The van der Waals surface area contributed by atoms with Gasteiger partial charge in [0, 0.05) is 12.1 Å². The Balaban J connectivity index is 2.37. The van der Waals surface area contributed by atoms with Gasteiger partial charge in [0.2, 0.25) is 5.75 Å². The normalized spacial score (nSPS) is 10.5. The highest BCUT2D eigenvalue weighted by atomic mass is 16.5. The van der Waals surface area contributed by atoms with Gasteiger partial charge in [0.25, 0.3) is 0 Å². The van der Waals surface area contributed by atoms with Crippen LogP contribution in [0, 0.1) is 0 Å². The molecule has 0 aliphatic rings. The molecule has 0 aliphatic carbocycles. The molecule has 0 atom stereocenters. The molecule has 0 aliphatic heterocycles. The van der Waals surface area contributed by atoms with Crippen molar-refractivity contribution in [3.05, 3.63) is 35.9 Å². The Bertz CT molecular complexity index is 734. The zero-order valence-corrected chi connectivity index (χ0v) is 13.9. The SMILES string of the molecule is COc1ccc(N=Nc2cc(OC)c(OC)c(OC)c2)cc1C=O. The molecule has 0 amide bonds. The van der Waals surface area contributed by atoms with Gasteiger partial charge in [-0.15, -0.1) is 0 Å². The molecule has 0 heterocycles. The van der Waals surface area contributed by atoms with Crippen molar-refractivity contribution in [3.8, 4) is 23.0 Å². The number of carbonyl (C=O) groups is 1. The number of aldehydes is 1. The lowest BCUT2D eigenvalue weighted by Gasteiger charge is -2.12. The van der Waals surface area contributed by atoms with Gasteiger partial charge in [-0.05, 0) is 18.2 Å². The molecule has 2 aromatic rings. The summed E-state index contributed by atoms with van der Waals surface area (Å²) in [6.07, 6.45) is 0.706. The standard InChI is InChI=1S/C17H18N2O5/c1-21-14-6-5-12(7-11(14)10-20)18-19-13-8-15(22-2)17(24-4)16(9-13)23-3/h5-10H,1-4H3. The number of benzene rings is 2. The first kappa shape index (κ1) is 17.3. The van der Waals surface area contributed by atoms with E-state index in [1.807, 2.05) is 0 Å². The van der Waals surface area contributed by atoms with E-state index in [0.717, 1.165) is 0 Å². The van der Waals surface area contributed by atoms with Gasteiger partial charge in [0.15, 0.2) is 17.8 Å². The average Bonchev–Trinajstić information content (AvgIpc) is 2.64. The van der Waals surface area contributed by atoms with Crippen LogP contribution in [-0.2, 0) is 0 Å². The number of azo groups is 1. The summed E-state index contributed by atoms with van der Waals surface area (Å²) in [4.78, 5) is 11.1.